The molecule has 0 fully saturated rings. The summed E-state index contributed by atoms with van der Waals surface area (Å²) in [5.41, 5.74) is 1.91. The molecule has 8 nitrogen and oxygen atoms in total. The molecule has 0 saturated heterocycles. The van der Waals surface area contributed by atoms with E-state index in [4.69, 9.17) is 4.74 Å². The lowest BCUT2D eigenvalue weighted by Crippen LogP contribution is -2.53. The van der Waals surface area contributed by atoms with Crippen molar-refractivity contribution in [1.82, 2.24) is 10.2 Å². The number of carbonyl (C=O) groups excluding carboxylic acids is 2. The van der Waals surface area contributed by atoms with Gasteiger partial charge >= 0.3 is 0 Å². The lowest BCUT2D eigenvalue weighted by molar-refractivity contribution is -0.140. The van der Waals surface area contributed by atoms with Gasteiger partial charge in [0.1, 0.15) is 24.2 Å². The molecule has 0 unspecified atom stereocenters. The van der Waals surface area contributed by atoms with Crippen LogP contribution in [0, 0.1) is 12.7 Å². The van der Waals surface area contributed by atoms with Crippen LogP contribution in [0.15, 0.2) is 77.7 Å². The van der Waals surface area contributed by atoms with Crippen LogP contribution in [0.3, 0.4) is 0 Å². The highest BCUT2D eigenvalue weighted by atomic mass is 32.2. The Morgan fingerprint density at radius 3 is 2.19 bits per heavy atom. The molecule has 10 heteroatoms. The van der Waals surface area contributed by atoms with Crippen molar-refractivity contribution in [2.75, 3.05) is 17.5 Å². The van der Waals surface area contributed by atoms with Crippen molar-refractivity contribution in [3.8, 4) is 5.75 Å². The Kier molecular flexibility index (Phi) is 11.5. The second-order valence-electron chi connectivity index (χ2n) is 10.1. The molecule has 0 saturated carbocycles. The number of halogens is 1. The summed E-state index contributed by atoms with van der Waals surface area (Å²) in [5, 5.41) is 2.96. The minimum Gasteiger partial charge on any atom is -0.494 e. The van der Waals surface area contributed by atoms with Crippen LogP contribution in [-0.4, -0.2) is 50.4 Å². The third kappa shape index (κ3) is 8.31. The fraction of sp³-hybridized carbons (Fsp3) is 0.375. The molecule has 0 radical (unpaired) electrons. The van der Waals surface area contributed by atoms with Crippen molar-refractivity contribution in [3.63, 3.8) is 0 Å². The van der Waals surface area contributed by atoms with Crippen LogP contribution in [0.25, 0.3) is 0 Å². The van der Waals surface area contributed by atoms with Crippen LogP contribution < -0.4 is 14.4 Å². The molecule has 0 spiro atoms. The standard InChI is InChI=1S/C32H40FN3O5S/c1-6-24(5)34-32(38)30(7-2)35(21-25-11-9-10-23(4)20-25)31(37)22-36(27-14-12-26(33)13-15-27)42(39,40)29-18-16-28(17-19-29)41-8-3/h9-20,24,30H,6-8,21-22H2,1-5H3,(H,34,38)/t24-,30-/m1/s1. The fourth-order valence-corrected chi connectivity index (χ4v) is 5.92. The monoisotopic (exact) mass is 597 g/mol. The summed E-state index contributed by atoms with van der Waals surface area (Å²) < 4.78 is 48.1. The van der Waals surface area contributed by atoms with Crippen LogP contribution in [0.1, 0.15) is 51.7 Å². The van der Waals surface area contributed by atoms with Gasteiger partial charge in [0.2, 0.25) is 11.8 Å². The van der Waals surface area contributed by atoms with E-state index < -0.39 is 34.3 Å². The Morgan fingerprint density at radius 2 is 1.62 bits per heavy atom. The van der Waals surface area contributed by atoms with Crippen molar-refractivity contribution in [3.05, 3.63) is 89.7 Å². The first-order valence-electron chi connectivity index (χ1n) is 14.2. The van der Waals surface area contributed by atoms with E-state index in [0.717, 1.165) is 27.6 Å². The number of anilines is 1. The predicted octanol–water partition coefficient (Wildman–Crippen LogP) is 5.45. The first-order valence-corrected chi connectivity index (χ1v) is 15.6. The minimum absolute atomic E-state index is 0.0603. The first kappa shape index (κ1) is 32.6. The molecule has 3 rings (SSSR count). The number of carbonyl (C=O) groups is 2. The molecule has 3 aromatic rings. The quantitative estimate of drug-likeness (QED) is 0.267. The van der Waals surface area contributed by atoms with Gasteiger partial charge in [0.05, 0.1) is 17.2 Å². The van der Waals surface area contributed by atoms with E-state index >= 15 is 0 Å². The molecule has 226 valence electrons. The highest BCUT2D eigenvalue weighted by Gasteiger charge is 2.34. The van der Waals surface area contributed by atoms with E-state index in [0.29, 0.717) is 25.2 Å². The molecular weight excluding hydrogens is 557 g/mol. The van der Waals surface area contributed by atoms with Gasteiger partial charge in [-0.25, -0.2) is 12.8 Å². The van der Waals surface area contributed by atoms with E-state index in [9.17, 15) is 22.4 Å². The number of nitrogens with one attached hydrogen (secondary N) is 1. The summed E-state index contributed by atoms with van der Waals surface area (Å²) in [6, 6.07) is 17.4. The van der Waals surface area contributed by atoms with Crippen LogP contribution >= 0.6 is 0 Å². The van der Waals surface area contributed by atoms with Crippen molar-refractivity contribution >= 4 is 27.5 Å². The average molecular weight is 598 g/mol. The lowest BCUT2D eigenvalue weighted by Gasteiger charge is -2.33. The Morgan fingerprint density at radius 1 is 0.952 bits per heavy atom. The van der Waals surface area contributed by atoms with Crippen molar-refractivity contribution < 1.29 is 27.1 Å². The number of aryl methyl sites for hydroxylation is 1. The SMILES string of the molecule is CCOc1ccc(S(=O)(=O)N(CC(=O)N(Cc2cccc(C)c2)[C@H](CC)C(=O)N[C@H](C)CC)c2ccc(F)cc2)cc1. The highest BCUT2D eigenvalue weighted by Crippen LogP contribution is 2.26. The van der Waals surface area contributed by atoms with Crippen molar-refractivity contribution in [1.29, 1.82) is 0 Å². The zero-order chi connectivity index (χ0) is 30.9. The fourth-order valence-electron chi connectivity index (χ4n) is 4.51. The number of hydrogen-bond donors (Lipinski definition) is 1. The van der Waals surface area contributed by atoms with Crippen LogP contribution in [0.5, 0.6) is 5.75 Å². The molecule has 0 aliphatic rings. The van der Waals surface area contributed by atoms with E-state index in [2.05, 4.69) is 5.32 Å². The second-order valence-corrected chi connectivity index (χ2v) is 12.0. The number of ether oxygens (including phenoxy) is 1. The normalized spacial score (nSPS) is 12.7. The summed E-state index contributed by atoms with van der Waals surface area (Å²) in [5.74, 6) is -0.919. The minimum atomic E-state index is -4.28. The molecule has 2 amide bonds. The molecule has 0 aliphatic heterocycles. The van der Waals surface area contributed by atoms with Crippen molar-refractivity contribution in [2.45, 2.75) is 71.0 Å². The topological polar surface area (TPSA) is 96.0 Å². The molecule has 42 heavy (non-hydrogen) atoms. The summed E-state index contributed by atoms with van der Waals surface area (Å²) in [4.78, 5) is 28.8. The van der Waals surface area contributed by atoms with Gasteiger partial charge in [0.15, 0.2) is 0 Å². The first-order chi connectivity index (χ1) is 20.0. The van der Waals surface area contributed by atoms with Gasteiger partial charge in [-0.3, -0.25) is 13.9 Å². The zero-order valence-corrected chi connectivity index (χ0v) is 25.7. The summed E-state index contributed by atoms with van der Waals surface area (Å²) >= 11 is 0. The molecular formula is C32H40FN3O5S. The number of benzene rings is 3. The van der Waals surface area contributed by atoms with E-state index in [1.54, 1.807) is 0 Å². The van der Waals surface area contributed by atoms with Crippen molar-refractivity contribution in [2.24, 2.45) is 0 Å². The van der Waals surface area contributed by atoms with Crippen LogP contribution in [0.4, 0.5) is 10.1 Å². The summed E-state index contributed by atoms with van der Waals surface area (Å²) in [6.45, 7) is 9.33. The number of amides is 2. The third-order valence-corrected chi connectivity index (χ3v) is 8.73. The van der Waals surface area contributed by atoms with E-state index in [1.165, 1.54) is 41.3 Å². The second kappa shape index (κ2) is 14.8. The zero-order valence-electron chi connectivity index (χ0n) is 24.8. The van der Waals surface area contributed by atoms with Gasteiger partial charge in [0.25, 0.3) is 10.0 Å². The third-order valence-electron chi connectivity index (χ3n) is 6.94. The van der Waals surface area contributed by atoms with Gasteiger partial charge in [-0.15, -0.1) is 0 Å². The Balaban J connectivity index is 2.05. The number of hydrogen-bond acceptors (Lipinski definition) is 5. The maximum absolute atomic E-state index is 14.1. The summed E-state index contributed by atoms with van der Waals surface area (Å²) in [6.07, 6.45) is 1.04. The Labute approximate surface area is 248 Å². The van der Waals surface area contributed by atoms with E-state index in [-0.39, 0.29) is 29.1 Å². The number of nitrogens with zero attached hydrogens (tertiary/aromatic N) is 2. The van der Waals surface area contributed by atoms with Gasteiger partial charge in [-0.05, 0) is 87.7 Å². The predicted molar refractivity (Wildman–Crippen MR) is 162 cm³/mol. The van der Waals surface area contributed by atoms with Gasteiger partial charge in [-0.2, -0.15) is 0 Å². The smallest absolute Gasteiger partial charge is 0.264 e. The maximum Gasteiger partial charge on any atom is 0.264 e. The molecule has 0 bridgehead atoms. The Bertz CT molecular complexity index is 1450. The maximum atomic E-state index is 14.1. The molecule has 0 heterocycles. The number of rotatable bonds is 14. The van der Waals surface area contributed by atoms with Gasteiger partial charge in [0, 0.05) is 12.6 Å². The molecule has 0 aliphatic carbocycles. The Hall–Kier alpha value is -3.92. The average Bonchev–Trinajstić information content (AvgIpc) is 2.96. The molecule has 2 atom stereocenters. The molecule has 0 aromatic heterocycles. The van der Waals surface area contributed by atoms with Gasteiger partial charge in [-0.1, -0.05) is 43.7 Å². The molecule has 1 N–H and O–H groups in total. The molecule has 3 aromatic carbocycles. The van der Waals surface area contributed by atoms with Crippen LogP contribution in [0.2, 0.25) is 0 Å². The van der Waals surface area contributed by atoms with Gasteiger partial charge < -0.3 is 15.0 Å². The lowest BCUT2D eigenvalue weighted by atomic mass is 10.1. The summed E-state index contributed by atoms with van der Waals surface area (Å²) in [7, 11) is -4.28. The largest absolute Gasteiger partial charge is 0.494 e. The van der Waals surface area contributed by atoms with Crippen LogP contribution in [-0.2, 0) is 26.2 Å². The number of sulfonamides is 1. The highest BCUT2D eigenvalue weighted by molar-refractivity contribution is 7.92. The van der Waals surface area contributed by atoms with E-state index in [1.807, 2.05) is 58.9 Å².